The Kier molecular flexibility index (Phi) is 3.25. The van der Waals surface area contributed by atoms with E-state index in [2.05, 4.69) is 14.3 Å². The van der Waals surface area contributed by atoms with Gasteiger partial charge >= 0.3 is 0 Å². The first kappa shape index (κ1) is 14.2. The van der Waals surface area contributed by atoms with Gasteiger partial charge in [0.1, 0.15) is 4.90 Å². The topological polar surface area (TPSA) is 62.6 Å². The van der Waals surface area contributed by atoms with Crippen LogP contribution in [0.4, 0.5) is 0 Å². The van der Waals surface area contributed by atoms with Gasteiger partial charge < -0.3 is 4.90 Å². The number of benzene rings is 1. The van der Waals surface area contributed by atoms with Crippen molar-refractivity contribution in [2.24, 2.45) is 4.40 Å². The third kappa shape index (κ3) is 2.43. The van der Waals surface area contributed by atoms with Crippen LogP contribution in [-0.4, -0.2) is 30.2 Å². The van der Waals surface area contributed by atoms with Crippen LogP contribution >= 0.6 is 22.9 Å². The Morgan fingerprint density at radius 2 is 2.09 bits per heavy atom. The van der Waals surface area contributed by atoms with E-state index in [-0.39, 0.29) is 4.90 Å². The molecule has 0 unspecified atom stereocenters. The van der Waals surface area contributed by atoms with Gasteiger partial charge in [-0.1, -0.05) is 23.7 Å². The van der Waals surface area contributed by atoms with E-state index in [9.17, 15) is 8.42 Å². The molecule has 4 rings (SSSR count). The summed E-state index contributed by atoms with van der Waals surface area (Å²) in [5.74, 6) is 0.544. The highest BCUT2D eigenvalue weighted by Gasteiger charge is 2.38. The van der Waals surface area contributed by atoms with Gasteiger partial charge in [0.05, 0.1) is 6.54 Å². The molecule has 0 atom stereocenters. The van der Waals surface area contributed by atoms with Crippen molar-refractivity contribution in [3.05, 3.63) is 45.4 Å². The van der Waals surface area contributed by atoms with Gasteiger partial charge in [0.15, 0.2) is 10.3 Å². The van der Waals surface area contributed by atoms with Crippen LogP contribution in [0.2, 0.25) is 4.47 Å². The summed E-state index contributed by atoms with van der Waals surface area (Å²) in [6, 6.07) is 7.31. The number of nitrogens with zero attached hydrogens (tertiary/aromatic N) is 3. The van der Waals surface area contributed by atoms with E-state index in [1.165, 1.54) is 11.3 Å². The number of halogens is 1. The Morgan fingerprint density at radius 1 is 1.32 bits per heavy atom. The minimum absolute atomic E-state index is 0.290. The molecule has 1 saturated carbocycles. The van der Waals surface area contributed by atoms with Crippen LogP contribution in [-0.2, 0) is 16.6 Å². The standard InChI is InChI=1S/C14H12ClN3O2S2/c15-14-16-7-10(21-14)8-18(9-5-6-9)13-11-3-1-2-4-12(11)22(19,20)17-13/h1-4,7,9H,5-6,8H2. The molecule has 0 radical (unpaired) electrons. The number of thiazole rings is 1. The first-order valence-electron chi connectivity index (χ1n) is 6.86. The minimum Gasteiger partial charge on any atom is -0.347 e. The smallest absolute Gasteiger partial charge is 0.285 e. The number of sulfonamides is 1. The number of aromatic nitrogens is 1. The lowest BCUT2D eigenvalue weighted by atomic mass is 10.2. The normalized spacial score (nSPS) is 18.9. The van der Waals surface area contributed by atoms with Crippen molar-refractivity contribution in [2.45, 2.75) is 30.3 Å². The largest absolute Gasteiger partial charge is 0.347 e. The molecule has 22 heavy (non-hydrogen) atoms. The van der Waals surface area contributed by atoms with E-state index < -0.39 is 10.0 Å². The number of amidine groups is 1. The number of hydrogen-bond acceptors (Lipinski definition) is 5. The predicted octanol–water partition coefficient (Wildman–Crippen LogP) is 2.91. The fourth-order valence-corrected chi connectivity index (χ4v) is 4.78. The zero-order chi connectivity index (χ0) is 15.3. The fraction of sp³-hybridized carbons (Fsp3) is 0.286. The molecule has 2 aromatic rings. The third-order valence-electron chi connectivity index (χ3n) is 3.72. The second kappa shape index (κ2) is 5.04. The van der Waals surface area contributed by atoms with Crippen molar-refractivity contribution in [3.8, 4) is 0 Å². The van der Waals surface area contributed by atoms with Gasteiger partial charge in [-0.25, -0.2) is 4.98 Å². The van der Waals surface area contributed by atoms with Crippen LogP contribution in [0.15, 0.2) is 39.8 Å². The maximum absolute atomic E-state index is 12.2. The Hall–Kier alpha value is -1.44. The van der Waals surface area contributed by atoms with Crippen molar-refractivity contribution in [1.82, 2.24) is 9.88 Å². The maximum Gasteiger partial charge on any atom is 0.285 e. The predicted molar refractivity (Wildman–Crippen MR) is 85.9 cm³/mol. The van der Waals surface area contributed by atoms with Gasteiger partial charge in [-0.15, -0.1) is 15.7 Å². The molecule has 2 aliphatic rings. The van der Waals surface area contributed by atoms with Gasteiger partial charge in [-0.05, 0) is 25.0 Å². The van der Waals surface area contributed by atoms with Gasteiger partial charge in [-0.2, -0.15) is 8.42 Å². The summed E-state index contributed by atoms with van der Waals surface area (Å²) in [7, 11) is -3.58. The lowest BCUT2D eigenvalue weighted by Gasteiger charge is -2.23. The van der Waals surface area contributed by atoms with Crippen molar-refractivity contribution in [2.75, 3.05) is 0 Å². The van der Waals surface area contributed by atoms with Crippen molar-refractivity contribution < 1.29 is 8.42 Å². The molecule has 0 amide bonds. The highest BCUT2D eigenvalue weighted by atomic mass is 35.5. The van der Waals surface area contributed by atoms with Crippen molar-refractivity contribution in [1.29, 1.82) is 0 Å². The zero-order valence-corrected chi connectivity index (χ0v) is 13.8. The van der Waals surface area contributed by atoms with Crippen LogP contribution in [0.3, 0.4) is 0 Å². The van der Waals surface area contributed by atoms with E-state index in [0.29, 0.717) is 28.5 Å². The summed E-state index contributed by atoms with van der Waals surface area (Å²) in [5.41, 5.74) is 0.685. The Labute approximate surface area is 137 Å². The lowest BCUT2D eigenvalue weighted by molar-refractivity contribution is 0.408. The molecule has 1 aromatic heterocycles. The summed E-state index contributed by atoms with van der Waals surface area (Å²) in [6.45, 7) is 0.581. The zero-order valence-electron chi connectivity index (χ0n) is 11.4. The SMILES string of the molecule is O=S1(=O)N=C(N(Cc2cnc(Cl)s2)C2CC2)c2ccccc21. The average molecular weight is 354 g/mol. The molecule has 2 heterocycles. The summed E-state index contributed by atoms with van der Waals surface area (Å²) in [5, 5.41) is 0. The highest BCUT2D eigenvalue weighted by molar-refractivity contribution is 7.90. The third-order valence-corrected chi connectivity index (χ3v) is 6.15. The molecule has 0 saturated heterocycles. The molecule has 0 spiro atoms. The quantitative estimate of drug-likeness (QED) is 0.851. The molecule has 1 aromatic carbocycles. The van der Waals surface area contributed by atoms with E-state index in [1.807, 2.05) is 12.1 Å². The van der Waals surface area contributed by atoms with Crippen LogP contribution < -0.4 is 0 Å². The van der Waals surface area contributed by atoms with Crippen LogP contribution in [0.1, 0.15) is 23.3 Å². The minimum atomic E-state index is -3.58. The lowest BCUT2D eigenvalue weighted by Crippen LogP contribution is -2.32. The molecule has 0 N–H and O–H groups in total. The molecular weight excluding hydrogens is 342 g/mol. The fourth-order valence-electron chi connectivity index (χ4n) is 2.58. The highest BCUT2D eigenvalue weighted by Crippen LogP contribution is 2.35. The van der Waals surface area contributed by atoms with E-state index >= 15 is 0 Å². The maximum atomic E-state index is 12.2. The summed E-state index contributed by atoms with van der Waals surface area (Å²) in [4.78, 5) is 7.40. The van der Waals surface area contributed by atoms with Crippen LogP contribution in [0.25, 0.3) is 0 Å². The van der Waals surface area contributed by atoms with E-state index in [4.69, 9.17) is 11.6 Å². The Morgan fingerprint density at radius 3 is 2.77 bits per heavy atom. The second-order valence-corrected chi connectivity index (χ2v) is 8.59. The van der Waals surface area contributed by atoms with Gasteiger partial charge in [0.2, 0.25) is 0 Å². The average Bonchev–Trinajstić information content (AvgIpc) is 3.19. The number of hydrogen-bond donors (Lipinski definition) is 0. The van der Waals surface area contributed by atoms with Gasteiger partial charge in [-0.3, -0.25) is 0 Å². The van der Waals surface area contributed by atoms with Crippen molar-refractivity contribution >= 4 is 38.8 Å². The first-order chi connectivity index (χ1) is 10.5. The molecule has 1 fully saturated rings. The molecule has 5 nitrogen and oxygen atoms in total. The van der Waals surface area contributed by atoms with E-state index in [1.54, 1.807) is 18.3 Å². The van der Waals surface area contributed by atoms with Gasteiger partial charge in [0.25, 0.3) is 10.0 Å². The molecular formula is C14H12ClN3O2S2. The summed E-state index contributed by atoms with van der Waals surface area (Å²) >= 11 is 7.30. The van der Waals surface area contributed by atoms with Gasteiger partial charge in [0, 0.05) is 22.7 Å². The van der Waals surface area contributed by atoms with Crippen molar-refractivity contribution in [3.63, 3.8) is 0 Å². The number of rotatable bonds is 3. The van der Waals surface area contributed by atoms with Crippen LogP contribution in [0, 0.1) is 0 Å². The van der Waals surface area contributed by atoms with E-state index in [0.717, 1.165) is 17.7 Å². The molecule has 0 bridgehead atoms. The molecule has 1 aliphatic heterocycles. The summed E-state index contributed by atoms with van der Waals surface area (Å²) < 4.78 is 29.0. The monoisotopic (exact) mass is 353 g/mol. The Balaban J connectivity index is 1.75. The van der Waals surface area contributed by atoms with Crippen LogP contribution in [0.5, 0.6) is 0 Å². The molecule has 1 aliphatic carbocycles. The Bertz CT molecular complexity index is 872. The molecule has 8 heteroatoms. The second-order valence-electron chi connectivity index (χ2n) is 5.32. The summed E-state index contributed by atoms with van der Waals surface area (Å²) in [6.07, 6.45) is 3.83. The number of fused-ring (bicyclic) bond motifs is 1. The molecule has 114 valence electrons. The first-order valence-corrected chi connectivity index (χ1v) is 9.49.